The van der Waals surface area contributed by atoms with Gasteiger partial charge in [-0.05, 0) is 83.2 Å². The Hall–Kier alpha value is -3.24. The van der Waals surface area contributed by atoms with Crippen LogP contribution in [-0.4, -0.2) is 72.6 Å². The van der Waals surface area contributed by atoms with E-state index in [1.165, 1.54) is 16.0 Å². The van der Waals surface area contributed by atoms with Gasteiger partial charge in [0, 0.05) is 30.9 Å². The minimum absolute atomic E-state index is 0.0266. The highest BCUT2D eigenvalue weighted by molar-refractivity contribution is 7.18. The zero-order chi connectivity index (χ0) is 29.5. The van der Waals surface area contributed by atoms with E-state index in [0.29, 0.717) is 32.7 Å². The lowest BCUT2D eigenvalue weighted by Crippen LogP contribution is -2.50. The van der Waals surface area contributed by atoms with Crippen molar-refractivity contribution in [2.45, 2.75) is 65.7 Å². The molecule has 3 aromatic rings. The summed E-state index contributed by atoms with van der Waals surface area (Å²) < 4.78 is 5.97. The lowest BCUT2D eigenvalue weighted by Gasteiger charge is -2.41. The number of para-hydroxylation sites is 1. The molecular formula is C32H44N6O3S. The number of nitrogens with zero attached hydrogens (tertiary/aromatic N) is 3. The van der Waals surface area contributed by atoms with Crippen molar-refractivity contribution in [1.82, 2.24) is 25.5 Å². The van der Waals surface area contributed by atoms with Gasteiger partial charge in [0.1, 0.15) is 28.8 Å². The summed E-state index contributed by atoms with van der Waals surface area (Å²) in [6.45, 7) is 10.7. The second-order valence-corrected chi connectivity index (χ2v) is 12.9. The van der Waals surface area contributed by atoms with Crippen molar-refractivity contribution >= 4 is 39.2 Å². The average molecular weight is 593 g/mol. The third-order valence-electron chi connectivity index (χ3n) is 8.80. The first kappa shape index (κ1) is 30.2. The number of rotatable bonds is 7. The van der Waals surface area contributed by atoms with Gasteiger partial charge < -0.3 is 25.6 Å². The van der Waals surface area contributed by atoms with E-state index in [1.54, 1.807) is 11.3 Å². The van der Waals surface area contributed by atoms with Crippen LogP contribution in [-0.2, 0) is 16.0 Å². The zero-order valence-electron chi connectivity index (χ0n) is 25.2. The number of piperidine rings is 1. The molecule has 9 nitrogen and oxygen atoms in total. The zero-order valence-corrected chi connectivity index (χ0v) is 26.0. The highest BCUT2D eigenvalue weighted by Gasteiger charge is 2.40. The van der Waals surface area contributed by atoms with Crippen LogP contribution in [0.1, 0.15) is 60.4 Å². The van der Waals surface area contributed by atoms with E-state index in [-0.39, 0.29) is 17.2 Å². The summed E-state index contributed by atoms with van der Waals surface area (Å²) in [7, 11) is 0. The molecule has 2 aliphatic rings. The van der Waals surface area contributed by atoms with Gasteiger partial charge in [-0.3, -0.25) is 9.59 Å². The van der Waals surface area contributed by atoms with Crippen molar-refractivity contribution in [3.63, 3.8) is 0 Å². The Bertz CT molecular complexity index is 1400. The van der Waals surface area contributed by atoms with Crippen molar-refractivity contribution in [3.05, 3.63) is 46.1 Å². The number of benzene rings is 1. The maximum atomic E-state index is 13.3. The smallest absolute Gasteiger partial charge is 0.226 e. The van der Waals surface area contributed by atoms with E-state index in [4.69, 9.17) is 4.74 Å². The molecule has 0 atom stereocenters. The van der Waals surface area contributed by atoms with Crippen molar-refractivity contribution in [3.8, 4) is 5.75 Å². The number of nitrogens with one attached hydrogen (secondary N) is 3. The normalized spacial score (nSPS) is 17.9. The minimum atomic E-state index is -0.311. The predicted molar refractivity (Wildman–Crippen MR) is 168 cm³/mol. The third-order valence-corrected chi connectivity index (χ3v) is 9.90. The second kappa shape index (κ2) is 13.8. The summed E-state index contributed by atoms with van der Waals surface area (Å²) in [5.41, 5.74) is 2.13. The molecule has 2 amide bonds. The van der Waals surface area contributed by atoms with Gasteiger partial charge in [-0.2, -0.15) is 0 Å². The summed E-state index contributed by atoms with van der Waals surface area (Å²) in [5, 5.41) is 10.6. The highest BCUT2D eigenvalue weighted by Crippen LogP contribution is 2.38. The Morgan fingerprint density at radius 2 is 1.90 bits per heavy atom. The maximum absolute atomic E-state index is 13.3. The Labute approximate surface area is 252 Å². The Kier molecular flexibility index (Phi) is 9.95. The van der Waals surface area contributed by atoms with Crippen LogP contribution in [0.25, 0.3) is 10.2 Å². The molecule has 0 bridgehead atoms. The summed E-state index contributed by atoms with van der Waals surface area (Å²) in [5.74, 6) is 2.67. The van der Waals surface area contributed by atoms with Crippen molar-refractivity contribution in [2.75, 3.05) is 51.2 Å². The fourth-order valence-electron chi connectivity index (χ4n) is 6.16. The molecule has 10 heteroatoms. The molecule has 4 heterocycles. The van der Waals surface area contributed by atoms with Crippen molar-refractivity contribution < 1.29 is 14.3 Å². The summed E-state index contributed by atoms with van der Waals surface area (Å²) in [4.78, 5) is 39.6. The minimum Gasteiger partial charge on any atom is -0.491 e. The summed E-state index contributed by atoms with van der Waals surface area (Å²) >= 11 is 1.68. The van der Waals surface area contributed by atoms with Crippen molar-refractivity contribution in [2.24, 2.45) is 5.41 Å². The largest absolute Gasteiger partial charge is 0.491 e. The number of aromatic nitrogens is 2. The topological polar surface area (TPSA) is 108 Å². The van der Waals surface area contributed by atoms with E-state index >= 15 is 0 Å². The van der Waals surface area contributed by atoms with Crippen LogP contribution < -0.4 is 20.7 Å². The summed E-state index contributed by atoms with van der Waals surface area (Å²) in [6, 6.07) is 8.23. The summed E-state index contributed by atoms with van der Waals surface area (Å²) in [6.07, 6.45) is 6.05. The molecule has 0 saturated carbocycles. The average Bonchev–Trinajstić information content (AvgIpc) is 3.26. The van der Waals surface area contributed by atoms with Crippen LogP contribution in [0.4, 0.5) is 5.82 Å². The first-order valence-electron chi connectivity index (χ1n) is 15.3. The molecule has 1 fully saturated rings. The number of amides is 2. The Morgan fingerprint density at radius 1 is 1.10 bits per heavy atom. The Morgan fingerprint density at radius 3 is 2.74 bits per heavy atom. The highest BCUT2D eigenvalue weighted by atomic mass is 32.1. The molecule has 2 aliphatic heterocycles. The molecule has 0 radical (unpaired) electrons. The monoisotopic (exact) mass is 592 g/mol. The number of fused-ring (bicyclic) bond motifs is 2. The number of carbonyl (C=O) groups is 2. The number of thiophene rings is 1. The van der Waals surface area contributed by atoms with Crippen LogP contribution in [0.3, 0.4) is 0 Å². The molecule has 1 aromatic carbocycles. The molecule has 1 saturated heterocycles. The van der Waals surface area contributed by atoms with Gasteiger partial charge in [-0.15, -0.1) is 11.3 Å². The van der Waals surface area contributed by atoms with Gasteiger partial charge in [0.25, 0.3) is 0 Å². The fourth-order valence-corrected chi connectivity index (χ4v) is 7.23. The molecule has 0 unspecified atom stereocenters. The van der Waals surface area contributed by atoms with Crippen molar-refractivity contribution in [1.29, 1.82) is 0 Å². The van der Waals surface area contributed by atoms with E-state index in [0.717, 1.165) is 85.8 Å². The Balaban J connectivity index is 1.05. The van der Waals surface area contributed by atoms with E-state index in [1.807, 2.05) is 19.1 Å². The number of likely N-dealkylation sites (tertiary alicyclic amines) is 1. The molecule has 1 spiro atoms. The fraction of sp³-hybridized carbons (Fsp3) is 0.562. The second-order valence-electron chi connectivity index (χ2n) is 11.7. The first-order chi connectivity index (χ1) is 20.3. The third kappa shape index (κ3) is 7.21. The molecule has 2 aromatic heterocycles. The standard InChI is InChI=1S/C32H44N6O3S/c1-22-23(2)42-30-28(22)29(36-24(3)37-30)34-15-11-27(39)33-16-20-38-18-13-32(14-19-38)12-7-6-9-25-8-4-5-10-26(25)41-21-17-35-31(32)40/h4-5,8,10H,6-7,9,11-21H2,1-3H3,(H,33,39)(H,35,40)(H,34,36,37). The number of hydrogen-bond acceptors (Lipinski definition) is 8. The number of hydrogen-bond donors (Lipinski definition) is 3. The number of ether oxygens (including phenoxy) is 1. The molecular weight excluding hydrogens is 548 g/mol. The SMILES string of the molecule is Cc1nc(NCCC(=O)NCCN2CCC3(CCCCc4ccccc4OCCNC3=O)CC2)c2c(C)c(C)sc2n1. The van der Waals surface area contributed by atoms with Gasteiger partial charge in [0.05, 0.1) is 17.3 Å². The molecule has 226 valence electrons. The number of anilines is 1. The van der Waals surface area contributed by atoms with Crippen LogP contribution in [0.15, 0.2) is 24.3 Å². The van der Waals surface area contributed by atoms with Crippen LogP contribution in [0.2, 0.25) is 0 Å². The lowest BCUT2D eigenvalue weighted by atomic mass is 9.73. The van der Waals surface area contributed by atoms with Gasteiger partial charge in [-0.25, -0.2) is 9.97 Å². The molecule has 0 aliphatic carbocycles. The lowest BCUT2D eigenvalue weighted by molar-refractivity contribution is -0.134. The quantitative estimate of drug-likeness (QED) is 0.370. The van der Waals surface area contributed by atoms with E-state index < -0.39 is 0 Å². The van der Waals surface area contributed by atoms with Gasteiger partial charge in [-0.1, -0.05) is 24.6 Å². The van der Waals surface area contributed by atoms with E-state index in [9.17, 15) is 9.59 Å². The van der Waals surface area contributed by atoms with Crippen LogP contribution >= 0.6 is 11.3 Å². The van der Waals surface area contributed by atoms with Crippen LogP contribution in [0.5, 0.6) is 5.75 Å². The van der Waals surface area contributed by atoms with Gasteiger partial charge >= 0.3 is 0 Å². The van der Waals surface area contributed by atoms with Gasteiger partial charge in [0.2, 0.25) is 11.8 Å². The number of aryl methyl sites for hydroxylation is 4. The van der Waals surface area contributed by atoms with E-state index in [2.05, 4.69) is 56.8 Å². The van der Waals surface area contributed by atoms with Gasteiger partial charge in [0.15, 0.2) is 0 Å². The first-order valence-corrected chi connectivity index (χ1v) is 16.1. The predicted octanol–water partition coefficient (Wildman–Crippen LogP) is 4.54. The number of carbonyl (C=O) groups excluding carboxylic acids is 2. The maximum Gasteiger partial charge on any atom is 0.226 e. The van der Waals surface area contributed by atoms with Crippen LogP contribution in [0, 0.1) is 26.2 Å². The molecule has 3 N–H and O–H groups in total. The molecule has 5 rings (SSSR count). The molecule has 42 heavy (non-hydrogen) atoms.